The Bertz CT molecular complexity index is 446. The number of nitrogens with zero attached hydrogens (tertiary/aromatic N) is 2. The zero-order chi connectivity index (χ0) is 14.8. The summed E-state index contributed by atoms with van der Waals surface area (Å²) in [5.41, 5.74) is 9.03. The lowest BCUT2D eigenvalue weighted by Gasteiger charge is -2.49. The summed E-state index contributed by atoms with van der Waals surface area (Å²) < 4.78 is 0. The van der Waals surface area contributed by atoms with Gasteiger partial charge in [-0.2, -0.15) is 0 Å². The highest BCUT2D eigenvalue weighted by molar-refractivity contribution is 5.22. The number of hydrogen-bond acceptors (Lipinski definition) is 3. The summed E-state index contributed by atoms with van der Waals surface area (Å²) in [7, 11) is 4.44. The molecule has 1 aliphatic heterocycles. The quantitative estimate of drug-likeness (QED) is 0.914. The summed E-state index contributed by atoms with van der Waals surface area (Å²) >= 11 is 0. The standard InChI is InChI=1S/C17H29N3/c1-14-6-5-7-16(10-14)12-20(4)17(13-18)8-9-19(3)15(2)11-17/h5-7,10,15H,8-9,11-13,18H2,1-4H3. The van der Waals surface area contributed by atoms with E-state index in [1.165, 1.54) is 11.1 Å². The Morgan fingerprint density at radius 1 is 1.45 bits per heavy atom. The Morgan fingerprint density at radius 3 is 2.80 bits per heavy atom. The number of benzene rings is 1. The van der Waals surface area contributed by atoms with Gasteiger partial charge in [-0.3, -0.25) is 4.90 Å². The van der Waals surface area contributed by atoms with Gasteiger partial charge in [0.1, 0.15) is 0 Å². The molecule has 3 nitrogen and oxygen atoms in total. The molecule has 0 bridgehead atoms. The number of likely N-dealkylation sites (tertiary alicyclic amines) is 1. The molecule has 1 fully saturated rings. The van der Waals surface area contributed by atoms with Crippen LogP contribution in [0.3, 0.4) is 0 Å². The predicted molar refractivity (Wildman–Crippen MR) is 85.8 cm³/mol. The largest absolute Gasteiger partial charge is 0.329 e. The van der Waals surface area contributed by atoms with E-state index in [0.717, 1.165) is 32.5 Å². The predicted octanol–water partition coefficient (Wildman–Crippen LogP) is 2.24. The van der Waals surface area contributed by atoms with Gasteiger partial charge in [-0.05, 0) is 52.9 Å². The van der Waals surface area contributed by atoms with E-state index in [1.54, 1.807) is 0 Å². The van der Waals surface area contributed by atoms with Crippen LogP contribution >= 0.6 is 0 Å². The maximum absolute atomic E-state index is 6.17. The molecule has 0 aromatic heterocycles. The highest BCUT2D eigenvalue weighted by Crippen LogP contribution is 2.31. The molecule has 2 N–H and O–H groups in total. The number of piperidine rings is 1. The second kappa shape index (κ2) is 6.25. The van der Waals surface area contributed by atoms with Crippen LogP contribution in [0, 0.1) is 6.92 Å². The third-order valence-corrected chi connectivity index (χ3v) is 5.05. The van der Waals surface area contributed by atoms with Crippen molar-refractivity contribution >= 4 is 0 Å². The maximum atomic E-state index is 6.17. The number of hydrogen-bond donors (Lipinski definition) is 1. The van der Waals surface area contributed by atoms with Crippen LogP contribution in [0.2, 0.25) is 0 Å². The zero-order valence-electron chi connectivity index (χ0n) is 13.4. The minimum Gasteiger partial charge on any atom is -0.329 e. The molecule has 112 valence electrons. The van der Waals surface area contributed by atoms with Gasteiger partial charge in [0.15, 0.2) is 0 Å². The summed E-state index contributed by atoms with van der Waals surface area (Å²) in [4.78, 5) is 4.92. The van der Waals surface area contributed by atoms with Crippen molar-refractivity contribution < 1.29 is 0 Å². The first-order valence-electron chi connectivity index (χ1n) is 7.64. The summed E-state index contributed by atoms with van der Waals surface area (Å²) in [5, 5.41) is 0. The molecule has 2 rings (SSSR count). The van der Waals surface area contributed by atoms with Crippen molar-refractivity contribution in [3.63, 3.8) is 0 Å². The Hall–Kier alpha value is -0.900. The molecular formula is C17H29N3. The van der Waals surface area contributed by atoms with E-state index in [-0.39, 0.29) is 5.54 Å². The molecular weight excluding hydrogens is 246 g/mol. The lowest BCUT2D eigenvalue weighted by Crippen LogP contribution is -2.59. The molecule has 1 saturated heterocycles. The molecule has 0 amide bonds. The van der Waals surface area contributed by atoms with E-state index in [1.807, 2.05) is 0 Å². The molecule has 1 aromatic rings. The summed E-state index contributed by atoms with van der Waals surface area (Å²) in [6.07, 6.45) is 2.31. The van der Waals surface area contributed by atoms with Crippen LogP contribution < -0.4 is 5.73 Å². The average Bonchev–Trinajstić information content (AvgIpc) is 2.42. The van der Waals surface area contributed by atoms with E-state index in [9.17, 15) is 0 Å². The van der Waals surface area contributed by atoms with Gasteiger partial charge in [0.25, 0.3) is 0 Å². The van der Waals surface area contributed by atoms with Gasteiger partial charge in [-0.15, -0.1) is 0 Å². The molecule has 1 aliphatic rings. The monoisotopic (exact) mass is 275 g/mol. The summed E-state index contributed by atoms with van der Waals surface area (Å²) in [6.45, 7) is 7.32. The van der Waals surface area contributed by atoms with E-state index in [2.05, 4.69) is 62.0 Å². The fourth-order valence-electron chi connectivity index (χ4n) is 3.35. The fraction of sp³-hybridized carbons (Fsp3) is 0.647. The van der Waals surface area contributed by atoms with Crippen LogP contribution in [0.4, 0.5) is 0 Å². The topological polar surface area (TPSA) is 32.5 Å². The van der Waals surface area contributed by atoms with Gasteiger partial charge in [0.05, 0.1) is 0 Å². The lowest BCUT2D eigenvalue weighted by atomic mass is 9.82. The van der Waals surface area contributed by atoms with Gasteiger partial charge in [-0.25, -0.2) is 0 Å². The highest BCUT2D eigenvalue weighted by Gasteiger charge is 2.39. The molecule has 2 atom stereocenters. The third kappa shape index (κ3) is 3.22. The van der Waals surface area contributed by atoms with Crippen LogP contribution in [-0.2, 0) is 6.54 Å². The van der Waals surface area contributed by atoms with Crippen molar-refractivity contribution in [3.8, 4) is 0 Å². The van der Waals surface area contributed by atoms with E-state index >= 15 is 0 Å². The third-order valence-electron chi connectivity index (χ3n) is 5.05. The van der Waals surface area contributed by atoms with Crippen molar-refractivity contribution in [2.75, 3.05) is 27.2 Å². The molecule has 1 heterocycles. The minimum absolute atomic E-state index is 0.148. The van der Waals surface area contributed by atoms with E-state index in [4.69, 9.17) is 5.73 Å². The minimum atomic E-state index is 0.148. The van der Waals surface area contributed by atoms with Crippen LogP contribution in [0.5, 0.6) is 0 Å². The first-order valence-corrected chi connectivity index (χ1v) is 7.64. The highest BCUT2D eigenvalue weighted by atomic mass is 15.2. The number of rotatable bonds is 4. The van der Waals surface area contributed by atoms with Crippen LogP contribution in [0.25, 0.3) is 0 Å². The van der Waals surface area contributed by atoms with Crippen molar-refractivity contribution in [1.82, 2.24) is 9.80 Å². The van der Waals surface area contributed by atoms with Crippen molar-refractivity contribution in [3.05, 3.63) is 35.4 Å². The molecule has 0 saturated carbocycles. The van der Waals surface area contributed by atoms with Crippen LogP contribution in [0.1, 0.15) is 30.9 Å². The smallest absolute Gasteiger partial charge is 0.0359 e. The number of nitrogens with two attached hydrogens (primary N) is 1. The van der Waals surface area contributed by atoms with Crippen molar-refractivity contribution in [2.24, 2.45) is 5.73 Å². The molecule has 20 heavy (non-hydrogen) atoms. The molecule has 0 aliphatic carbocycles. The summed E-state index contributed by atoms with van der Waals surface area (Å²) in [5.74, 6) is 0. The van der Waals surface area contributed by atoms with Crippen molar-refractivity contribution in [2.45, 2.75) is 44.8 Å². The second-order valence-electron chi connectivity index (χ2n) is 6.56. The van der Waals surface area contributed by atoms with Gasteiger partial charge in [0.2, 0.25) is 0 Å². The number of likely N-dealkylation sites (N-methyl/N-ethyl adjacent to an activating group) is 1. The fourth-order valence-corrected chi connectivity index (χ4v) is 3.35. The lowest BCUT2D eigenvalue weighted by molar-refractivity contribution is 0.0222. The first kappa shape index (κ1) is 15.5. The van der Waals surface area contributed by atoms with E-state index < -0.39 is 0 Å². The molecule has 0 radical (unpaired) electrons. The number of aryl methyl sites for hydroxylation is 1. The van der Waals surface area contributed by atoms with Crippen LogP contribution in [-0.4, -0.2) is 48.6 Å². The SMILES string of the molecule is Cc1cccc(CN(C)C2(CN)CCN(C)C(C)C2)c1. The molecule has 1 aromatic carbocycles. The Morgan fingerprint density at radius 2 is 2.20 bits per heavy atom. The average molecular weight is 275 g/mol. The second-order valence-corrected chi connectivity index (χ2v) is 6.56. The Kier molecular flexibility index (Phi) is 4.84. The first-order chi connectivity index (χ1) is 9.47. The van der Waals surface area contributed by atoms with Gasteiger partial charge in [0, 0.05) is 24.7 Å². The van der Waals surface area contributed by atoms with Gasteiger partial charge >= 0.3 is 0 Å². The van der Waals surface area contributed by atoms with Crippen molar-refractivity contribution in [1.29, 1.82) is 0 Å². The zero-order valence-corrected chi connectivity index (χ0v) is 13.4. The summed E-state index contributed by atoms with van der Waals surface area (Å²) in [6, 6.07) is 9.39. The maximum Gasteiger partial charge on any atom is 0.0359 e. The van der Waals surface area contributed by atoms with E-state index in [0.29, 0.717) is 6.04 Å². The van der Waals surface area contributed by atoms with Crippen LogP contribution in [0.15, 0.2) is 24.3 Å². The normalized spacial score (nSPS) is 28.0. The molecule has 3 heteroatoms. The molecule has 0 spiro atoms. The van der Waals surface area contributed by atoms with Gasteiger partial charge < -0.3 is 10.6 Å². The Balaban J connectivity index is 2.11. The molecule has 2 unspecified atom stereocenters. The van der Waals surface area contributed by atoms with Gasteiger partial charge in [-0.1, -0.05) is 29.8 Å². The Labute approximate surface area is 123 Å².